The maximum absolute atomic E-state index is 5.53. The molecule has 1 rings (SSSR count). The summed E-state index contributed by atoms with van der Waals surface area (Å²) in [6, 6.07) is 0. The molecule has 1 aliphatic rings. The highest BCUT2D eigenvalue weighted by Crippen LogP contribution is 2.01. The molecule has 0 amide bonds. The molecule has 0 bridgehead atoms. The number of alkyl halides is 1. The lowest BCUT2D eigenvalue weighted by atomic mass is 10.2. The molecule has 1 unspecified atom stereocenters. The van der Waals surface area contributed by atoms with Crippen molar-refractivity contribution in [2.24, 2.45) is 0 Å². The molecule has 0 spiro atoms. The van der Waals surface area contributed by atoms with E-state index in [1.165, 1.54) is 0 Å². The zero-order valence-corrected chi connectivity index (χ0v) is 6.16. The van der Waals surface area contributed by atoms with E-state index in [-0.39, 0.29) is 0 Å². The quantitative estimate of drug-likeness (QED) is 0.581. The number of nitrogens with one attached hydrogen (secondary N) is 1. The molecular weight excluding hydrogens is 138 g/mol. The van der Waals surface area contributed by atoms with Gasteiger partial charge in [-0.15, -0.1) is 11.6 Å². The van der Waals surface area contributed by atoms with E-state index in [0.29, 0.717) is 12.0 Å². The predicted octanol–water partition coefficient (Wildman–Crippen LogP) is 0.604. The van der Waals surface area contributed by atoms with Crippen molar-refractivity contribution in [2.45, 2.75) is 12.5 Å². The first-order chi connectivity index (χ1) is 4.43. The van der Waals surface area contributed by atoms with Crippen LogP contribution in [0.3, 0.4) is 0 Å². The van der Waals surface area contributed by atoms with Crippen molar-refractivity contribution in [3.05, 3.63) is 0 Å². The van der Waals surface area contributed by atoms with E-state index in [1.54, 1.807) is 0 Å². The van der Waals surface area contributed by atoms with Crippen LogP contribution in [-0.4, -0.2) is 31.7 Å². The van der Waals surface area contributed by atoms with Gasteiger partial charge in [0.15, 0.2) is 0 Å². The Morgan fingerprint density at radius 2 is 2.56 bits per heavy atom. The van der Waals surface area contributed by atoms with Gasteiger partial charge in [-0.1, -0.05) is 0 Å². The molecule has 1 fully saturated rings. The van der Waals surface area contributed by atoms with Crippen LogP contribution in [0.1, 0.15) is 6.42 Å². The van der Waals surface area contributed by atoms with Crippen molar-refractivity contribution in [2.75, 3.05) is 25.6 Å². The van der Waals surface area contributed by atoms with Crippen LogP contribution >= 0.6 is 11.6 Å². The lowest BCUT2D eigenvalue weighted by Gasteiger charge is -2.22. The maximum Gasteiger partial charge on any atom is 0.0711 e. The molecule has 0 radical (unpaired) electrons. The van der Waals surface area contributed by atoms with Crippen LogP contribution in [0, 0.1) is 0 Å². The summed E-state index contributed by atoms with van der Waals surface area (Å²) in [6.45, 7) is 2.78. The Kier molecular flexibility index (Phi) is 3.33. The number of morpholine rings is 1. The molecule has 0 aromatic heterocycles. The van der Waals surface area contributed by atoms with Crippen molar-refractivity contribution in [3.8, 4) is 0 Å². The highest BCUT2D eigenvalue weighted by molar-refractivity contribution is 6.17. The van der Waals surface area contributed by atoms with E-state index >= 15 is 0 Å². The molecule has 3 heteroatoms. The van der Waals surface area contributed by atoms with Crippen molar-refractivity contribution in [3.63, 3.8) is 0 Å². The lowest BCUT2D eigenvalue weighted by molar-refractivity contribution is 0.0272. The third kappa shape index (κ3) is 2.52. The van der Waals surface area contributed by atoms with Crippen LogP contribution < -0.4 is 5.32 Å². The molecule has 0 saturated carbocycles. The Labute approximate surface area is 60.5 Å². The number of ether oxygens (including phenoxy) is 1. The van der Waals surface area contributed by atoms with E-state index in [1.807, 2.05) is 0 Å². The minimum Gasteiger partial charge on any atom is -0.376 e. The van der Waals surface area contributed by atoms with Gasteiger partial charge in [-0.25, -0.2) is 0 Å². The summed E-state index contributed by atoms with van der Waals surface area (Å²) in [4.78, 5) is 0. The topological polar surface area (TPSA) is 21.3 Å². The minimum atomic E-state index is 0.358. The second-order valence-electron chi connectivity index (χ2n) is 2.17. The first kappa shape index (κ1) is 7.32. The Bertz CT molecular complexity index is 70.7. The average molecular weight is 150 g/mol. The molecule has 1 saturated heterocycles. The Balaban J connectivity index is 2.08. The van der Waals surface area contributed by atoms with Crippen LogP contribution in [0.4, 0.5) is 0 Å². The summed E-state index contributed by atoms with van der Waals surface area (Å²) in [5.41, 5.74) is 0. The molecule has 0 aromatic carbocycles. The van der Waals surface area contributed by atoms with Gasteiger partial charge in [0, 0.05) is 19.0 Å². The highest BCUT2D eigenvalue weighted by Gasteiger charge is 2.11. The summed E-state index contributed by atoms with van der Waals surface area (Å²) in [5, 5.41) is 3.24. The van der Waals surface area contributed by atoms with Gasteiger partial charge in [-0.05, 0) is 6.42 Å². The molecule has 0 aromatic rings. The van der Waals surface area contributed by atoms with Crippen LogP contribution in [0.15, 0.2) is 0 Å². The summed E-state index contributed by atoms with van der Waals surface area (Å²) in [5.74, 6) is 0.701. The van der Waals surface area contributed by atoms with E-state index < -0.39 is 0 Å². The van der Waals surface area contributed by atoms with Gasteiger partial charge in [0.05, 0.1) is 12.7 Å². The largest absolute Gasteiger partial charge is 0.376 e. The van der Waals surface area contributed by atoms with Gasteiger partial charge in [0.25, 0.3) is 0 Å². The van der Waals surface area contributed by atoms with Gasteiger partial charge in [0.1, 0.15) is 0 Å². The van der Waals surface area contributed by atoms with Gasteiger partial charge in [0.2, 0.25) is 0 Å². The zero-order chi connectivity index (χ0) is 6.53. The summed E-state index contributed by atoms with van der Waals surface area (Å²) in [6.07, 6.45) is 1.32. The maximum atomic E-state index is 5.53. The van der Waals surface area contributed by atoms with E-state index in [2.05, 4.69) is 5.32 Å². The molecule has 1 aliphatic heterocycles. The standard InChI is InChI=1S/C6H12ClNO/c7-2-1-6-5-8-3-4-9-6/h6,8H,1-5H2. The fraction of sp³-hybridized carbons (Fsp3) is 1.00. The molecular formula is C6H12ClNO. The van der Waals surface area contributed by atoms with E-state index in [9.17, 15) is 0 Å². The SMILES string of the molecule is ClCCC1CNCCO1. The number of hydrogen-bond acceptors (Lipinski definition) is 2. The molecule has 1 N–H and O–H groups in total. The number of hydrogen-bond donors (Lipinski definition) is 1. The fourth-order valence-electron chi connectivity index (χ4n) is 0.927. The normalized spacial score (nSPS) is 28.3. The van der Waals surface area contributed by atoms with Crippen LogP contribution in [-0.2, 0) is 4.74 Å². The van der Waals surface area contributed by atoms with Crippen LogP contribution in [0.5, 0.6) is 0 Å². The first-order valence-electron chi connectivity index (χ1n) is 3.32. The van der Waals surface area contributed by atoms with E-state index in [4.69, 9.17) is 16.3 Å². The Morgan fingerprint density at radius 1 is 1.67 bits per heavy atom. The summed E-state index contributed by atoms with van der Waals surface area (Å²) in [7, 11) is 0. The minimum absolute atomic E-state index is 0.358. The van der Waals surface area contributed by atoms with Crippen molar-refractivity contribution in [1.82, 2.24) is 5.32 Å². The fourth-order valence-corrected chi connectivity index (χ4v) is 1.17. The Morgan fingerprint density at radius 3 is 3.11 bits per heavy atom. The summed E-state index contributed by atoms with van der Waals surface area (Å²) >= 11 is 5.53. The summed E-state index contributed by atoms with van der Waals surface area (Å²) < 4.78 is 5.37. The molecule has 1 atom stereocenters. The number of halogens is 1. The number of rotatable bonds is 2. The van der Waals surface area contributed by atoms with Crippen molar-refractivity contribution < 1.29 is 4.74 Å². The van der Waals surface area contributed by atoms with Gasteiger partial charge >= 0.3 is 0 Å². The zero-order valence-electron chi connectivity index (χ0n) is 5.40. The highest BCUT2D eigenvalue weighted by atomic mass is 35.5. The van der Waals surface area contributed by atoms with Gasteiger partial charge in [-0.2, -0.15) is 0 Å². The first-order valence-corrected chi connectivity index (χ1v) is 3.85. The lowest BCUT2D eigenvalue weighted by Crippen LogP contribution is -2.38. The second-order valence-corrected chi connectivity index (χ2v) is 2.55. The predicted molar refractivity (Wildman–Crippen MR) is 37.9 cm³/mol. The van der Waals surface area contributed by atoms with Crippen molar-refractivity contribution >= 4 is 11.6 Å². The van der Waals surface area contributed by atoms with Gasteiger partial charge in [-0.3, -0.25) is 0 Å². The Hall–Kier alpha value is 0.210. The van der Waals surface area contributed by atoms with Crippen molar-refractivity contribution in [1.29, 1.82) is 0 Å². The molecule has 54 valence electrons. The smallest absolute Gasteiger partial charge is 0.0711 e. The third-order valence-corrected chi connectivity index (χ3v) is 1.65. The van der Waals surface area contributed by atoms with E-state index in [0.717, 1.165) is 26.1 Å². The third-order valence-electron chi connectivity index (χ3n) is 1.44. The van der Waals surface area contributed by atoms with Gasteiger partial charge < -0.3 is 10.1 Å². The van der Waals surface area contributed by atoms with Crippen LogP contribution in [0.2, 0.25) is 0 Å². The molecule has 0 aliphatic carbocycles. The van der Waals surface area contributed by atoms with Crippen LogP contribution in [0.25, 0.3) is 0 Å². The second kappa shape index (κ2) is 4.09. The monoisotopic (exact) mass is 149 g/mol. The average Bonchev–Trinajstić information content (AvgIpc) is 1.91. The molecule has 9 heavy (non-hydrogen) atoms. The molecule has 1 heterocycles. The molecule has 2 nitrogen and oxygen atoms in total.